The van der Waals surface area contributed by atoms with Crippen molar-refractivity contribution in [1.29, 1.82) is 0 Å². The molecule has 0 aliphatic heterocycles. The Hall–Kier alpha value is -2.83. The van der Waals surface area contributed by atoms with Gasteiger partial charge in [0.2, 0.25) is 0 Å². The molecule has 120 valence electrons. The lowest BCUT2D eigenvalue weighted by Gasteiger charge is -2.16. The summed E-state index contributed by atoms with van der Waals surface area (Å²) in [5, 5.41) is 4.14. The Bertz CT molecular complexity index is 857. The summed E-state index contributed by atoms with van der Waals surface area (Å²) >= 11 is 0. The number of ether oxygens (including phenoxy) is 2. The van der Waals surface area contributed by atoms with Gasteiger partial charge >= 0.3 is 0 Å². The van der Waals surface area contributed by atoms with E-state index in [1.807, 2.05) is 18.2 Å². The van der Waals surface area contributed by atoms with E-state index in [0.29, 0.717) is 23.1 Å². The zero-order valence-corrected chi connectivity index (χ0v) is 13.6. The highest BCUT2D eigenvalue weighted by Crippen LogP contribution is 2.37. The van der Waals surface area contributed by atoms with E-state index in [1.54, 1.807) is 14.2 Å². The van der Waals surface area contributed by atoms with Crippen LogP contribution in [0.4, 0.5) is 5.82 Å². The van der Waals surface area contributed by atoms with Gasteiger partial charge in [-0.2, -0.15) is 14.6 Å². The summed E-state index contributed by atoms with van der Waals surface area (Å²) in [6.45, 7) is 4.14. The molecule has 0 unspecified atom stereocenters. The molecule has 2 N–H and O–H groups in total. The van der Waals surface area contributed by atoms with Crippen LogP contribution in [-0.2, 0) is 0 Å². The number of methoxy groups -OCH3 is 2. The minimum atomic E-state index is 0.182. The lowest BCUT2D eigenvalue weighted by atomic mass is 9.97. The normalized spacial score (nSPS) is 11.2. The van der Waals surface area contributed by atoms with Gasteiger partial charge in [-0.25, -0.2) is 4.98 Å². The SMILES string of the molecule is COc1ccc(-c2c(C(C)C)nc3ncnn3c2N)cc1OC. The highest BCUT2D eigenvalue weighted by molar-refractivity contribution is 5.79. The fourth-order valence-electron chi connectivity index (χ4n) is 2.59. The van der Waals surface area contributed by atoms with Crippen molar-refractivity contribution in [2.45, 2.75) is 19.8 Å². The van der Waals surface area contributed by atoms with Crippen LogP contribution < -0.4 is 15.2 Å². The Labute approximate surface area is 134 Å². The minimum Gasteiger partial charge on any atom is -0.493 e. The third-order valence-corrected chi connectivity index (χ3v) is 3.71. The third-order valence-electron chi connectivity index (χ3n) is 3.71. The van der Waals surface area contributed by atoms with Crippen LogP contribution in [0, 0.1) is 0 Å². The van der Waals surface area contributed by atoms with Crippen LogP contribution >= 0.6 is 0 Å². The Kier molecular flexibility index (Phi) is 3.77. The Balaban J connectivity index is 2.30. The molecule has 3 aromatic rings. The molecule has 0 saturated heterocycles. The molecule has 0 bridgehead atoms. The maximum atomic E-state index is 6.34. The van der Waals surface area contributed by atoms with Crippen LogP contribution in [0.3, 0.4) is 0 Å². The summed E-state index contributed by atoms with van der Waals surface area (Å²) in [4.78, 5) is 8.74. The van der Waals surface area contributed by atoms with Crippen molar-refractivity contribution in [1.82, 2.24) is 19.6 Å². The molecule has 0 atom stereocenters. The second-order valence-electron chi connectivity index (χ2n) is 5.45. The molecule has 0 fully saturated rings. The first-order valence-electron chi connectivity index (χ1n) is 7.28. The van der Waals surface area contributed by atoms with Gasteiger partial charge in [-0.05, 0) is 23.6 Å². The minimum absolute atomic E-state index is 0.182. The summed E-state index contributed by atoms with van der Waals surface area (Å²) in [6, 6.07) is 5.67. The van der Waals surface area contributed by atoms with Crippen molar-refractivity contribution >= 4 is 11.6 Å². The van der Waals surface area contributed by atoms with Gasteiger partial charge in [-0.15, -0.1) is 0 Å². The first-order chi connectivity index (χ1) is 11.1. The predicted molar refractivity (Wildman–Crippen MR) is 87.8 cm³/mol. The van der Waals surface area contributed by atoms with Gasteiger partial charge in [0.25, 0.3) is 5.78 Å². The summed E-state index contributed by atoms with van der Waals surface area (Å²) in [5.74, 6) is 2.48. The second kappa shape index (κ2) is 5.75. The molecule has 0 spiro atoms. The molecule has 2 aromatic heterocycles. The van der Waals surface area contributed by atoms with Crippen LogP contribution in [0.2, 0.25) is 0 Å². The highest BCUT2D eigenvalue weighted by Gasteiger charge is 2.19. The summed E-state index contributed by atoms with van der Waals surface area (Å²) < 4.78 is 12.2. The van der Waals surface area contributed by atoms with Crippen LogP contribution in [0.25, 0.3) is 16.9 Å². The second-order valence-corrected chi connectivity index (χ2v) is 5.45. The van der Waals surface area contributed by atoms with E-state index in [4.69, 9.17) is 15.2 Å². The molecular formula is C16H19N5O2. The predicted octanol–water partition coefficient (Wildman–Crippen LogP) is 2.51. The van der Waals surface area contributed by atoms with Gasteiger partial charge < -0.3 is 15.2 Å². The van der Waals surface area contributed by atoms with Gasteiger partial charge in [0.1, 0.15) is 12.1 Å². The molecule has 0 radical (unpaired) electrons. The molecule has 3 rings (SSSR count). The maximum Gasteiger partial charge on any atom is 0.254 e. The molecule has 0 aliphatic rings. The van der Waals surface area contributed by atoms with Crippen LogP contribution in [-0.4, -0.2) is 33.8 Å². The number of hydrogen-bond acceptors (Lipinski definition) is 6. The number of benzene rings is 1. The number of fused-ring (bicyclic) bond motifs is 1. The number of anilines is 1. The summed E-state index contributed by atoms with van der Waals surface area (Å²) in [7, 11) is 3.21. The first kappa shape index (κ1) is 15.1. The van der Waals surface area contributed by atoms with Gasteiger partial charge in [0.15, 0.2) is 11.5 Å². The van der Waals surface area contributed by atoms with Gasteiger partial charge in [0, 0.05) is 5.56 Å². The van der Waals surface area contributed by atoms with Crippen LogP contribution in [0.1, 0.15) is 25.5 Å². The molecule has 1 aromatic carbocycles. The third kappa shape index (κ3) is 2.44. The molecule has 7 heteroatoms. The topological polar surface area (TPSA) is 87.6 Å². The molecule has 7 nitrogen and oxygen atoms in total. The van der Waals surface area contributed by atoms with Crippen LogP contribution in [0.15, 0.2) is 24.5 Å². The Morgan fingerprint density at radius 1 is 1.13 bits per heavy atom. The van der Waals surface area contributed by atoms with E-state index < -0.39 is 0 Å². The van der Waals surface area contributed by atoms with E-state index >= 15 is 0 Å². The van der Waals surface area contributed by atoms with E-state index in [0.717, 1.165) is 16.8 Å². The fourth-order valence-corrected chi connectivity index (χ4v) is 2.59. The molecule has 0 amide bonds. The number of nitrogen functional groups attached to an aromatic ring is 1. The van der Waals surface area contributed by atoms with Crippen molar-refractivity contribution in [3.8, 4) is 22.6 Å². The Morgan fingerprint density at radius 2 is 1.87 bits per heavy atom. The average molecular weight is 313 g/mol. The van der Waals surface area contributed by atoms with E-state index in [1.165, 1.54) is 10.8 Å². The van der Waals surface area contributed by atoms with Crippen molar-refractivity contribution in [3.05, 3.63) is 30.2 Å². The largest absolute Gasteiger partial charge is 0.493 e. The molecule has 0 aliphatic carbocycles. The van der Waals surface area contributed by atoms with Crippen molar-refractivity contribution in [2.75, 3.05) is 20.0 Å². The van der Waals surface area contributed by atoms with Crippen molar-refractivity contribution in [2.24, 2.45) is 0 Å². The van der Waals surface area contributed by atoms with Gasteiger partial charge in [0.05, 0.1) is 19.9 Å². The monoisotopic (exact) mass is 313 g/mol. The average Bonchev–Trinajstić information content (AvgIpc) is 3.03. The highest BCUT2D eigenvalue weighted by atomic mass is 16.5. The van der Waals surface area contributed by atoms with E-state index in [-0.39, 0.29) is 5.92 Å². The van der Waals surface area contributed by atoms with Crippen molar-refractivity contribution < 1.29 is 9.47 Å². The summed E-state index contributed by atoms with van der Waals surface area (Å²) in [5.41, 5.74) is 8.94. The molecular weight excluding hydrogens is 294 g/mol. The maximum absolute atomic E-state index is 6.34. The Morgan fingerprint density at radius 3 is 2.52 bits per heavy atom. The molecule has 0 saturated carbocycles. The molecule has 23 heavy (non-hydrogen) atoms. The van der Waals surface area contributed by atoms with Gasteiger partial charge in [-0.3, -0.25) is 0 Å². The summed E-state index contributed by atoms with van der Waals surface area (Å²) in [6.07, 6.45) is 1.45. The number of hydrogen-bond donors (Lipinski definition) is 1. The zero-order valence-electron chi connectivity index (χ0n) is 13.6. The fraction of sp³-hybridized carbons (Fsp3) is 0.312. The van der Waals surface area contributed by atoms with E-state index in [9.17, 15) is 0 Å². The number of aromatic nitrogens is 4. The number of rotatable bonds is 4. The lowest BCUT2D eigenvalue weighted by Crippen LogP contribution is -2.09. The van der Waals surface area contributed by atoms with Crippen LogP contribution in [0.5, 0.6) is 11.5 Å². The smallest absolute Gasteiger partial charge is 0.254 e. The molecule has 2 heterocycles. The van der Waals surface area contributed by atoms with E-state index in [2.05, 4.69) is 28.9 Å². The van der Waals surface area contributed by atoms with Gasteiger partial charge in [-0.1, -0.05) is 19.9 Å². The lowest BCUT2D eigenvalue weighted by molar-refractivity contribution is 0.355. The quantitative estimate of drug-likeness (QED) is 0.796. The number of nitrogens with two attached hydrogens (primary N) is 1. The first-order valence-corrected chi connectivity index (χ1v) is 7.28. The zero-order chi connectivity index (χ0) is 16.6. The number of nitrogens with zero attached hydrogens (tertiary/aromatic N) is 4. The standard InChI is InChI=1S/C16H19N5O2/c1-9(2)14-13(15(17)21-16(20-14)18-8-19-21)10-5-6-11(22-3)12(7-10)23-4/h5-9H,17H2,1-4H3. The van der Waals surface area contributed by atoms with Crippen molar-refractivity contribution in [3.63, 3.8) is 0 Å².